The Kier molecular flexibility index (Phi) is 4.68. The number of fused-ring (bicyclic) bond motifs is 1. The smallest absolute Gasteiger partial charge is 0.268 e. The highest BCUT2D eigenvalue weighted by atomic mass is 32.2. The van der Waals surface area contributed by atoms with E-state index >= 15 is 0 Å². The van der Waals surface area contributed by atoms with Gasteiger partial charge in [-0.15, -0.1) is 11.8 Å². The van der Waals surface area contributed by atoms with Crippen LogP contribution in [-0.2, 0) is 10.0 Å². The van der Waals surface area contributed by atoms with Crippen LogP contribution < -0.4 is 0 Å². The van der Waals surface area contributed by atoms with E-state index in [1.165, 1.54) is 33.2 Å². The molecule has 25 heavy (non-hydrogen) atoms. The molecular weight excluding hydrogens is 354 g/mol. The number of carbonyl (C=O) groups excluding carboxylic acids is 1. The summed E-state index contributed by atoms with van der Waals surface area (Å²) in [6, 6.07) is 8.56. The molecule has 0 radical (unpaired) electrons. The zero-order chi connectivity index (χ0) is 18.4. The number of carbonyl (C=O) groups is 1. The molecule has 2 aromatic rings. The van der Waals surface area contributed by atoms with Gasteiger partial charge in [0.2, 0.25) is 0 Å². The minimum atomic E-state index is -3.72. The third kappa shape index (κ3) is 2.98. The number of aryl methyl sites for hydroxylation is 2. The second-order valence-corrected chi connectivity index (χ2v) is 9.25. The molecule has 1 aliphatic heterocycles. The van der Waals surface area contributed by atoms with Crippen LogP contribution in [0.25, 0.3) is 0 Å². The summed E-state index contributed by atoms with van der Waals surface area (Å²) in [6.07, 6.45) is 0. The average Bonchev–Trinajstić information content (AvgIpc) is 2.77. The first-order chi connectivity index (χ1) is 11.7. The van der Waals surface area contributed by atoms with Crippen LogP contribution in [0.1, 0.15) is 32.6 Å². The van der Waals surface area contributed by atoms with Gasteiger partial charge in [0.15, 0.2) is 0 Å². The lowest BCUT2D eigenvalue weighted by atomic mass is 10.0. The molecule has 0 aromatic heterocycles. The van der Waals surface area contributed by atoms with Crippen molar-refractivity contribution < 1.29 is 13.2 Å². The first kappa shape index (κ1) is 18.0. The van der Waals surface area contributed by atoms with Gasteiger partial charge in [-0.3, -0.25) is 4.79 Å². The van der Waals surface area contributed by atoms with E-state index in [-0.39, 0.29) is 17.0 Å². The van der Waals surface area contributed by atoms with Crippen LogP contribution in [0.4, 0.5) is 0 Å². The molecule has 4 nitrogen and oxygen atoms in total. The second kappa shape index (κ2) is 6.50. The lowest BCUT2D eigenvalue weighted by Crippen LogP contribution is -2.32. The minimum absolute atomic E-state index is 0.115. The Balaban J connectivity index is 1.80. The summed E-state index contributed by atoms with van der Waals surface area (Å²) in [6.45, 7) is 8.50. The lowest BCUT2D eigenvalue weighted by molar-refractivity contribution is 0.0876. The molecule has 0 unspecified atom stereocenters. The number of nitrogens with zero attached hydrogens (tertiary/aromatic N) is 1. The van der Waals surface area contributed by atoms with E-state index in [2.05, 4.69) is 33.8 Å². The van der Waals surface area contributed by atoms with Crippen LogP contribution in [0.15, 0.2) is 40.1 Å². The maximum atomic E-state index is 12.6. The molecule has 2 aromatic carbocycles. The summed E-state index contributed by atoms with van der Waals surface area (Å²) in [4.78, 5) is 13.7. The molecule has 1 aliphatic rings. The van der Waals surface area contributed by atoms with Crippen molar-refractivity contribution in [2.45, 2.75) is 37.5 Å². The van der Waals surface area contributed by atoms with Gasteiger partial charge in [0, 0.05) is 17.2 Å². The van der Waals surface area contributed by atoms with Crippen LogP contribution in [0, 0.1) is 27.7 Å². The molecule has 1 amide bonds. The maximum absolute atomic E-state index is 12.6. The number of rotatable bonds is 4. The first-order valence-electron chi connectivity index (χ1n) is 8.11. The Morgan fingerprint density at radius 1 is 1.00 bits per heavy atom. The summed E-state index contributed by atoms with van der Waals surface area (Å²) in [5.74, 6) is 0.105. The SMILES string of the molecule is Cc1cc(C)c(C)c(SCCN2C(=O)c3ccccc3S2(=O)=O)c1C. The van der Waals surface area contributed by atoms with Gasteiger partial charge in [0.25, 0.3) is 15.9 Å². The van der Waals surface area contributed by atoms with Gasteiger partial charge in [-0.05, 0) is 62.1 Å². The second-order valence-electron chi connectivity index (χ2n) is 6.32. The van der Waals surface area contributed by atoms with E-state index in [9.17, 15) is 13.2 Å². The first-order valence-corrected chi connectivity index (χ1v) is 10.5. The van der Waals surface area contributed by atoms with E-state index < -0.39 is 15.9 Å². The number of hydrogen-bond donors (Lipinski definition) is 0. The number of sulfonamides is 1. The summed E-state index contributed by atoms with van der Waals surface area (Å²) < 4.78 is 26.1. The quantitative estimate of drug-likeness (QED) is 0.762. The molecule has 0 aliphatic carbocycles. The fraction of sp³-hybridized carbons (Fsp3) is 0.316. The monoisotopic (exact) mass is 375 g/mol. The van der Waals surface area contributed by atoms with Gasteiger partial charge in [-0.1, -0.05) is 18.2 Å². The van der Waals surface area contributed by atoms with Gasteiger partial charge in [0.1, 0.15) is 4.90 Å². The van der Waals surface area contributed by atoms with Gasteiger partial charge >= 0.3 is 0 Å². The van der Waals surface area contributed by atoms with Crippen molar-refractivity contribution in [1.29, 1.82) is 0 Å². The van der Waals surface area contributed by atoms with Crippen LogP contribution in [0.3, 0.4) is 0 Å². The molecular formula is C19H21NO3S2. The molecule has 132 valence electrons. The topological polar surface area (TPSA) is 54.5 Å². The van der Waals surface area contributed by atoms with Gasteiger partial charge < -0.3 is 0 Å². The number of hydrogen-bond acceptors (Lipinski definition) is 4. The Labute approximate surface area is 153 Å². The normalized spacial score (nSPS) is 15.5. The zero-order valence-corrected chi connectivity index (χ0v) is 16.4. The van der Waals surface area contributed by atoms with Crippen molar-refractivity contribution in [2.75, 3.05) is 12.3 Å². The van der Waals surface area contributed by atoms with Gasteiger partial charge in [-0.25, -0.2) is 12.7 Å². The van der Waals surface area contributed by atoms with Crippen molar-refractivity contribution in [3.05, 3.63) is 58.1 Å². The van der Waals surface area contributed by atoms with Crippen LogP contribution in [0.5, 0.6) is 0 Å². The Bertz CT molecular complexity index is 939. The predicted molar refractivity (Wildman–Crippen MR) is 101 cm³/mol. The fourth-order valence-corrected chi connectivity index (χ4v) is 6.00. The molecule has 0 atom stereocenters. The van der Waals surface area contributed by atoms with E-state index in [0.29, 0.717) is 5.75 Å². The van der Waals surface area contributed by atoms with E-state index in [0.717, 1.165) is 4.31 Å². The number of amides is 1. The van der Waals surface area contributed by atoms with Crippen LogP contribution in [-0.4, -0.2) is 30.9 Å². The summed E-state index contributed by atoms with van der Waals surface area (Å²) >= 11 is 1.61. The van der Waals surface area contributed by atoms with Crippen molar-refractivity contribution in [1.82, 2.24) is 4.31 Å². The van der Waals surface area contributed by atoms with Crippen molar-refractivity contribution in [2.24, 2.45) is 0 Å². The molecule has 6 heteroatoms. The molecule has 0 fully saturated rings. The molecule has 0 bridgehead atoms. The van der Waals surface area contributed by atoms with Crippen molar-refractivity contribution >= 4 is 27.7 Å². The molecule has 3 rings (SSSR count). The zero-order valence-electron chi connectivity index (χ0n) is 14.8. The highest BCUT2D eigenvalue weighted by Crippen LogP contribution is 2.33. The predicted octanol–water partition coefficient (Wildman–Crippen LogP) is 3.86. The Hall–Kier alpha value is -1.79. The fourth-order valence-electron chi connectivity index (χ4n) is 3.08. The van der Waals surface area contributed by atoms with Crippen LogP contribution >= 0.6 is 11.8 Å². The molecule has 1 heterocycles. The summed E-state index contributed by atoms with van der Waals surface area (Å²) in [7, 11) is -3.72. The molecule has 0 N–H and O–H groups in total. The van der Waals surface area contributed by atoms with Crippen molar-refractivity contribution in [3.63, 3.8) is 0 Å². The largest absolute Gasteiger partial charge is 0.269 e. The molecule has 0 saturated heterocycles. The third-order valence-corrected chi connectivity index (χ3v) is 7.88. The molecule has 0 spiro atoms. The van der Waals surface area contributed by atoms with Crippen LogP contribution in [0.2, 0.25) is 0 Å². The highest BCUT2D eigenvalue weighted by molar-refractivity contribution is 7.99. The molecule has 0 saturated carbocycles. The Morgan fingerprint density at radius 3 is 2.20 bits per heavy atom. The lowest BCUT2D eigenvalue weighted by Gasteiger charge is -2.17. The van der Waals surface area contributed by atoms with E-state index in [1.54, 1.807) is 30.0 Å². The van der Waals surface area contributed by atoms with E-state index in [1.807, 2.05) is 0 Å². The van der Waals surface area contributed by atoms with Gasteiger partial charge in [0.05, 0.1) is 5.56 Å². The third-order valence-electron chi connectivity index (χ3n) is 4.75. The maximum Gasteiger partial charge on any atom is 0.269 e. The average molecular weight is 376 g/mol. The van der Waals surface area contributed by atoms with E-state index in [4.69, 9.17) is 0 Å². The Morgan fingerprint density at radius 2 is 1.60 bits per heavy atom. The minimum Gasteiger partial charge on any atom is -0.268 e. The highest BCUT2D eigenvalue weighted by Gasteiger charge is 2.40. The number of benzene rings is 2. The standard InChI is InChI=1S/C19H21NO3S2/c1-12-11-13(2)15(4)18(14(12)3)24-10-9-20-19(21)16-7-5-6-8-17(16)25(20,22)23/h5-8,11H,9-10H2,1-4H3. The summed E-state index contributed by atoms with van der Waals surface area (Å²) in [5, 5.41) is 0. The summed E-state index contributed by atoms with van der Waals surface area (Å²) in [5.41, 5.74) is 5.15. The van der Waals surface area contributed by atoms with Gasteiger partial charge in [-0.2, -0.15) is 0 Å². The number of thioether (sulfide) groups is 1. The van der Waals surface area contributed by atoms with Crippen molar-refractivity contribution in [3.8, 4) is 0 Å².